The van der Waals surface area contributed by atoms with E-state index in [2.05, 4.69) is 20.5 Å². The molecule has 1 fully saturated rings. The van der Waals surface area contributed by atoms with Gasteiger partial charge in [0.25, 0.3) is 0 Å². The van der Waals surface area contributed by atoms with Gasteiger partial charge in [0.1, 0.15) is 17.3 Å². The van der Waals surface area contributed by atoms with Crippen molar-refractivity contribution in [2.45, 2.75) is 26.6 Å². The van der Waals surface area contributed by atoms with Crippen molar-refractivity contribution in [3.8, 4) is 0 Å². The van der Waals surface area contributed by atoms with Crippen LogP contribution in [0.1, 0.15) is 22.5 Å². The van der Waals surface area contributed by atoms with Crippen LogP contribution in [0.2, 0.25) is 0 Å². The fourth-order valence-corrected chi connectivity index (χ4v) is 3.79. The standard InChI is InChI=1S/C21H22F4N6O/c1-11-13(7-18(26)28-19(11)21(23,24)25)10-27-20-15-9-17(31-3-5-32-6-4-31)16(22)8-14(15)12(2)29-30-20/h7-9H,3-6,10H2,1-2H3,(H2,26,28)(H,27,30). The number of anilines is 3. The summed E-state index contributed by atoms with van der Waals surface area (Å²) >= 11 is 0. The Hall–Kier alpha value is -3.21. The van der Waals surface area contributed by atoms with E-state index in [1.165, 1.54) is 19.1 Å². The van der Waals surface area contributed by atoms with Crippen LogP contribution in [-0.2, 0) is 17.5 Å². The molecular weight excluding hydrogens is 428 g/mol. The number of aryl methyl sites for hydroxylation is 1. The minimum atomic E-state index is -4.62. The van der Waals surface area contributed by atoms with Crippen LogP contribution in [-0.4, -0.2) is 41.5 Å². The fraction of sp³-hybridized carbons (Fsp3) is 0.381. The summed E-state index contributed by atoms with van der Waals surface area (Å²) in [5.41, 5.74) is 5.84. The van der Waals surface area contributed by atoms with Gasteiger partial charge in [-0.15, -0.1) is 5.10 Å². The molecule has 0 unspecified atom stereocenters. The van der Waals surface area contributed by atoms with Crippen molar-refractivity contribution < 1.29 is 22.3 Å². The molecule has 1 aliphatic rings. The number of hydrogen-bond donors (Lipinski definition) is 2. The first-order valence-corrected chi connectivity index (χ1v) is 10.0. The van der Waals surface area contributed by atoms with Gasteiger partial charge in [0, 0.05) is 30.4 Å². The molecule has 170 valence electrons. The van der Waals surface area contributed by atoms with Gasteiger partial charge < -0.3 is 20.7 Å². The molecule has 0 amide bonds. The lowest BCUT2D eigenvalue weighted by Crippen LogP contribution is -2.36. The second kappa shape index (κ2) is 8.38. The topological polar surface area (TPSA) is 89.2 Å². The first-order chi connectivity index (χ1) is 15.1. The van der Waals surface area contributed by atoms with Crippen LogP contribution in [0, 0.1) is 19.7 Å². The third kappa shape index (κ3) is 4.24. The van der Waals surface area contributed by atoms with Gasteiger partial charge in [-0.3, -0.25) is 0 Å². The lowest BCUT2D eigenvalue weighted by molar-refractivity contribution is -0.141. The lowest BCUT2D eigenvalue weighted by atomic mass is 10.1. The Morgan fingerprint density at radius 1 is 1.09 bits per heavy atom. The molecule has 0 spiro atoms. The molecule has 2 aromatic heterocycles. The number of nitrogens with two attached hydrogens (primary N) is 1. The SMILES string of the molecule is Cc1c(CNc2nnc(C)c3cc(F)c(N4CCOCC4)cc23)cc(N)nc1C(F)(F)F. The molecule has 4 rings (SSSR count). The van der Waals surface area contributed by atoms with Crippen molar-refractivity contribution in [3.05, 3.63) is 46.5 Å². The maximum absolute atomic E-state index is 14.8. The molecule has 1 aliphatic heterocycles. The summed E-state index contributed by atoms with van der Waals surface area (Å²) in [6.07, 6.45) is -4.62. The summed E-state index contributed by atoms with van der Waals surface area (Å²) < 4.78 is 60.0. The van der Waals surface area contributed by atoms with Crippen LogP contribution in [0.3, 0.4) is 0 Å². The number of rotatable bonds is 4. The van der Waals surface area contributed by atoms with Gasteiger partial charge in [-0.05, 0) is 43.2 Å². The number of fused-ring (bicyclic) bond motifs is 1. The third-order valence-corrected chi connectivity index (χ3v) is 5.50. The van der Waals surface area contributed by atoms with E-state index in [4.69, 9.17) is 10.5 Å². The predicted octanol–water partition coefficient (Wildman–Crippen LogP) is 3.83. The van der Waals surface area contributed by atoms with Gasteiger partial charge in [-0.1, -0.05) is 0 Å². The Morgan fingerprint density at radius 3 is 2.50 bits per heavy atom. The van der Waals surface area contributed by atoms with Crippen LogP contribution in [0.25, 0.3) is 10.8 Å². The molecule has 11 heteroatoms. The van der Waals surface area contributed by atoms with Gasteiger partial charge in [0.05, 0.1) is 24.6 Å². The number of nitrogen functional groups attached to an aromatic ring is 1. The van der Waals surface area contributed by atoms with E-state index in [-0.39, 0.29) is 23.7 Å². The summed E-state index contributed by atoms with van der Waals surface area (Å²) in [5, 5.41) is 12.5. The number of halogens is 4. The number of ether oxygens (including phenoxy) is 1. The van der Waals surface area contributed by atoms with Crippen molar-refractivity contribution in [2.75, 3.05) is 42.3 Å². The molecule has 1 aromatic carbocycles. The first-order valence-electron chi connectivity index (χ1n) is 10.0. The van der Waals surface area contributed by atoms with E-state index >= 15 is 0 Å². The molecular formula is C21H22F4N6O. The minimum absolute atomic E-state index is 0.0126. The maximum atomic E-state index is 14.8. The monoisotopic (exact) mass is 450 g/mol. The number of benzene rings is 1. The maximum Gasteiger partial charge on any atom is 0.433 e. The molecule has 3 N–H and O–H groups in total. The highest BCUT2D eigenvalue weighted by Gasteiger charge is 2.35. The predicted molar refractivity (Wildman–Crippen MR) is 113 cm³/mol. The Balaban J connectivity index is 1.71. The zero-order valence-electron chi connectivity index (χ0n) is 17.6. The summed E-state index contributed by atoms with van der Waals surface area (Å²) in [7, 11) is 0. The van der Waals surface area contributed by atoms with Gasteiger partial charge in [0.2, 0.25) is 0 Å². The largest absolute Gasteiger partial charge is 0.433 e. The summed E-state index contributed by atoms with van der Waals surface area (Å²) in [6.45, 7) is 5.18. The molecule has 1 saturated heterocycles. The number of alkyl halides is 3. The number of aromatic nitrogens is 3. The van der Waals surface area contributed by atoms with Crippen LogP contribution in [0.5, 0.6) is 0 Å². The van der Waals surface area contributed by atoms with Gasteiger partial charge in [-0.25, -0.2) is 9.37 Å². The highest BCUT2D eigenvalue weighted by molar-refractivity contribution is 5.95. The van der Waals surface area contributed by atoms with E-state index in [1.54, 1.807) is 13.0 Å². The normalized spacial score (nSPS) is 14.8. The van der Waals surface area contributed by atoms with E-state index in [9.17, 15) is 17.6 Å². The molecule has 0 aliphatic carbocycles. The second-order valence-electron chi connectivity index (χ2n) is 7.61. The Bertz CT molecular complexity index is 1160. The zero-order chi connectivity index (χ0) is 23.0. The molecule has 0 saturated carbocycles. The van der Waals surface area contributed by atoms with E-state index in [0.717, 1.165) is 0 Å². The Labute approximate surface area is 181 Å². The highest BCUT2D eigenvalue weighted by atomic mass is 19.4. The zero-order valence-corrected chi connectivity index (χ0v) is 17.6. The molecule has 0 atom stereocenters. The smallest absolute Gasteiger partial charge is 0.384 e. The molecule has 3 aromatic rings. The summed E-state index contributed by atoms with van der Waals surface area (Å²) in [6, 6.07) is 4.49. The number of pyridine rings is 1. The molecule has 0 bridgehead atoms. The molecule has 32 heavy (non-hydrogen) atoms. The summed E-state index contributed by atoms with van der Waals surface area (Å²) in [5.74, 6) is -0.270. The molecule has 7 nitrogen and oxygen atoms in total. The van der Waals surface area contributed by atoms with E-state index in [0.29, 0.717) is 59.8 Å². The van der Waals surface area contributed by atoms with Gasteiger partial charge in [-0.2, -0.15) is 18.3 Å². The van der Waals surface area contributed by atoms with Crippen molar-refractivity contribution in [1.29, 1.82) is 0 Å². The lowest BCUT2D eigenvalue weighted by Gasteiger charge is -2.29. The minimum Gasteiger partial charge on any atom is -0.384 e. The van der Waals surface area contributed by atoms with Crippen LogP contribution in [0.4, 0.5) is 34.9 Å². The average molecular weight is 450 g/mol. The van der Waals surface area contributed by atoms with Crippen LogP contribution < -0.4 is 16.0 Å². The van der Waals surface area contributed by atoms with Gasteiger partial charge in [0.15, 0.2) is 5.82 Å². The number of nitrogens with zero attached hydrogens (tertiary/aromatic N) is 4. The second-order valence-corrected chi connectivity index (χ2v) is 7.61. The van der Waals surface area contributed by atoms with E-state index in [1.807, 2.05) is 4.90 Å². The number of morpholine rings is 1. The number of hydrogen-bond acceptors (Lipinski definition) is 7. The molecule has 3 heterocycles. The number of nitrogens with one attached hydrogen (secondary N) is 1. The van der Waals surface area contributed by atoms with Crippen molar-refractivity contribution in [2.24, 2.45) is 0 Å². The molecule has 0 radical (unpaired) electrons. The fourth-order valence-electron chi connectivity index (χ4n) is 3.79. The highest BCUT2D eigenvalue weighted by Crippen LogP contribution is 2.34. The van der Waals surface area contributed by atoms with Crippen LogP contribution in [0.15, 0.2) is 18.2 Å². The van der Waals surface area contributed by atoms with Crippen molar-refractivity contribution in [1.82, 2.24) is 15.2 Å². The van der Waals surface area contributed by atoms with Gasteiger partial charge >= 0.3 is 6.18 Å². The average Bonchev–Trinajstić information content (AvgIpc) is 2.75. The van der Waals surface area contributed by atoms with Crippen molar-refractivity contribution >= 4 is 28.1 Å². The van der Waals surface area contributed by atoms with E-state index < -0.39 is 11.9 Å². The Kier molecular flexibility index (Phi) is 5.76. The van der Waals surface area contributed by atoms with Crippen LogP contribution >= 0.6 is 0 Å². The first kappa shape index (κ1) is 22.0. The Morgan fingerprint density at radius 2 is 1.81 bits per heavy atom. The third-order valence-electron chi connectivity index (χ3n) is 5.50. The summed E-state index contributed by atoms with van der Waals surface area (Å²) in [4.78, 5) is 5.32. The van der Waals surface area contributed by atoms with Crippen molar-refractivity contribution in [3.63, 3.8) is 0 Å². The quantitative estimate of drug-likeness (QED) is 0.584.